The summed E-state index contributed by atoms with van der Waals surface area (Å²) in [7, 11) is 1.65. The molecule has 0 bridgehead atoms. The van der Waals surface area contributed by atoms with E-state index in [1.54, 1.807) is 12.0 Å². The lowest BCUT2D eigenvalue weighted by Crippen LogP contribution is -2.41. The molecule has 21 heavy (non-hydrogen) atoms. The monoisotopic (exact) mass is 290 g/mol. The number of hydrogen-bond donors (Lipinski definition) is 1. The van der Waals surface area contributed by atoms with E-state index >= 15 is 0 Å². The molecule has 0 aromatic heterocycles. The SMILES string of the molecule is COCC(C)CN1CCC(=O)NC(c2ccccc2)C1=O. The van der Waals surface area contributed by atoms with Crippen LogP contribution in [0.1, 0.15) is 24.9 Å². The highest BCUT2D eigenvalue weighted by Gasteiger charge is 2.31. The first-order chi connectivity index (χ1) is 10.1. The fourth-order valence-corrected chi connectivity index (χ4v) is 2.59. The fraction of sp³-hybridized carbons (Fsp3) is 0.500. The number of benzene rings is 1. The second-order valence-corrected chi connectivity index (χ2v) is 5.51. The number of rotatable bonds is 5. The highest BCUT2D eigenvalue weighted by Crippen LogP contribution is 2.19. The van der Waals surface area contributed by atoms with Crippen LogP contribution in [0.15, 0.2) is 30.3 Å². The molecule has 1 aromatic carbocycles. The lowest BCUT2D eigenvalue weighted by atomic mass is 10.1. The van der Waals surface area contributed by atoms with Crippen molar-refractivity contribution in [1.29, 1.82) is 0 Å². The van der Waals surface area contributed by atoms with Crippen molar-refractivity contribution in [3.63, 3.8) is 0 Å². The Balaban J connectivity index is 2.16. The topological polar surface area (TPSA) is 58.6 Å². The van der Waals surface area contributed by atoms with Crippen molar-refractivity contribution in [3.05, 3.63) is 35.9 Å². The Bertz CT molecular complexity index is 490. The summed E-state index contributed by atoms with van der Waals surface area (Å²) in [5, 5.41) is 2.82. The average molecular weight is 290 g/mol. The van der Waals surface area contributed by atoms with Crippen molar-refractivity contribution in [2.24, 2.45) is 5.92 Å². The summed E-state index contributed by atoms with van der Waals surface area (Å²) >= 11 is 0. The van der Waals surface area contributed by atoms with Gasteiger partial charge in [0.25, 0.3) is 0 Å². The Morgan fingerprint density at radius 1 is 1.33 bits per heavy atom. The molecule has 1 N–H and O–H groups in total. The van der Waals surface area contributed by atoms with Crippen LogP contribution < -0.4 is 5.32 Å². The first-order valence-electron chi connectivity index (χ1n) is 7.24. The van der Waals surface area contributed by atoms with E-state index in [0.29, 0.717) is 26.1 Å². The minimum Gasteiger partial charge on any atom is -0.384 e. The third-order valence-electron chi connectivity index (χ3n) is 3.59. The van der Waals surface area contributed by atoms with Crippen molar-refractivity contribution >= 4 is 11.8 Å². The molecule has 2 atom stereocenters. The largest absolute Gasteiger partial charge is 0.384 e. The quantitative estimate of drug-likeness (QED) is 0.891. The zero-order valence-electron chi connectivity index (χ0n) is 12.5. The summed E-state index contributed by atoms with van der Waals surface area (Å²) in [5.74, 6) is 0.109. The van der Waals surface area contributed by atoms with E-state index in [2.05, 4.69) is 5.32 Å². The predicted molar refractivity (Wildman–Crippen MR) is 79.6 cm³/mol. The number of carbonyl (C=O) groups is 2. The molecule has 5 heteroatoms. The molecule has 2 amide bonds. The van der Waals surface area contributed by atoms with Crippen LogP contribution >= 0.6 is 0 Å². The zero-order chi connectivity index (χ0) is 15.2. The van der Waals surface area contributed by atoms with E-state index < -0.39 is 6.04 Å². The van der Waals surface area contributed by atoms with Gasteiger partial charge < -0.3 is 15.0 Å². The molecule has 5 nitrogen and oxygen atoms in total. The predicted octanol–water partition coefficient (Wildman–Crippen LogP) is 1.36. The second-order valence-electron chi connectivity index (χ2n) is 5.51. The van der Waals surface area contributed by atoms with Crippen LogP contribution in [0.25, 0.3) is 0 Å². The molecule has 2 rings (SSSR count). The number of nitrogens with zero attached hydrogens (tertiary/aromatic N) is 1. The van der Waals surface area contributed by atoms with Gasteiger partial charge in [0.15, 0.2) is 0 Å². The molecule has 0 spiro atoms. The maximum absolute atomic E-state index is 12.7. The Kier molecular flexibility index (Phi) is 5.33. The van der Waals surface area contributed by atoms with Crippen LogP contribution in [-0.4, -0.2) is 43.5 Å². The smallest absolute Gasteiger partial charge is 0.249 e. The summed E-state index contributed by atoms with van der Waals surface area (Å²) < 4.78 is 5.12. The molecule has 114 valence electrons. The highest BCUT2D eigenvalue weighted by atomic mass is 16.5. The molecule has 1 aliphatic heterocycles. The van der Waals surface area contributed by atoms with Crippen LogP contribution in [0.4, 0.5) is 0 Å². The van der Waals surface area contributed by atoms with Crippen LogP contribution in [0.2, 0.25) is 0 Å². The summed E-state index contributed by atoms with van der Waals surface area (Å²) in [4.78, 5) is 26.3. The van der Waals surface area contributed by atoms with Gasteiger partial charge in [-0.25, -0.2) is 0 Å². The molecule has 0 aliphatic carbocycles. The van der Waals surface area contributed by atoms with Gasteiger partial charge in [-0.2, -0.15) is 0 Å². The van der Waals surface area contributed by atoms with Crippen LogP contribution in [-0.2, 0) is 14.3 Å². The molecule has 0 saturated carbocycles. The normalized spacial score (nSPS) is 20.9. The van der Waals surface area contributed by atoms with Gasteiger partial charge in [0.1, 0.15) is 6.04 Å². The standard InChI is InChI=1S/C16H22N2O3/c1-12(11-21-2)10-18-9-8-14(19)17-15(16(18)20)13-6-4-3-5-7-13/h3-7,12,15H,8-11H2,1-2H3,(H,17,19). The van der Waals surface area contributed by atoms with Gasteiger partial charge in [-0.3, -0.25) is 9.59 Å². The van der Waals surface area contributed by atoms with E-state index in [1.807, 2.05) is 37.3 Å². The van der Waals surface area contributed by atoms with Gasteiger partial charge in [0.2, 0.25) is 11.8 Å². The zero-order valence-corrected chi connectivity index (χ0v) is 12.5. The van der Waals surface area contributed by atoms with Crippen molar-refractivity contribution in [2.75, 3.05) is 26.8 Å². The molecule has 1 heterocycles. The van der Waals surface area contributed by atoms with E-state index in [4.69, 9.17) is 4.74 Å². The number of carbonyl (C=O) groups excluding carboxylic acids is 2. The van der Waals surface area contributed by atoms with Crippen molar-refractivity contribution < 1.29 is 14.3 Å². The Morgan fingerprint density at radius 3 is 2.71 bits per heavy atom. The van der Waals surface area contributed by atoms with Crippen molar-refractivity contribution in [2.45, 2.75) is 19.4 Å². The number of nitrogens with one attached hydrogen (secondary N) is 1. The van der Waals surface area contributed by atoms with Crippen molar-refractivity contribution in [3.8, 4) is 0 Å². The van der Waals surface area contributed by atoms with Gasteiger partial charge >= 0.3 is 0 Å². The Labute approximate surface area is 125 Å². The van der Waals surface area contributed by atoms with Gasteiger partial charge in [0.05, 0.1) is 6.61 Å². The average Bonchev–Trinajstić information content (AvgIpc) is 2.62. The fourth-order valence-electron chi connectivity index (χ4n) is 2.59. The third-order valence-corrected chi connectivity index (χ3v) is 3.59. The first kappa shape index (κ1) is 15.5. The summed E-state index contributed by atoms with van der Waals surface area (Å²) in [6.45, 7) is 3.70. The first-order valence-corrected chi connectivity index (χ1v) is 7.24. The Hall–Kier alpha value is -1.88. The molecule has 0 radical (unpaired) electrons. The molecule has 1 aliphatic rings. The van der Waals surface area contributed by atoms with Crippen LogP contribution in [0.3, 0.4) is 0 Å². The third kappa shape index (κ3) is 4.04. The van der Waals surface area contributed by atoms with Crippen LogP contribution in [0, 0.1) is 5.92 Å². The van der Waals surface area contributed by atoms with Crippen molar-refractivity contribution in [1.82, 2.24) is 10.2 Å². The number of methoxy groups -OCH3 is 1. The minimum absolute atomic E-state index is 0.0463. The minimum atomic E-state index is -0.587. The summed E-state index contributed by atoms with van der Waals surface area (Å²) in [5.41, 5.74) is 0.821. The number of ether oxygens (including phenoxy) is 1. The van der Waals surface area contributed by atoms with E-state index in [-0.39, 0.29) is 17.7 Å². The lowest BCUT2D eigenvalue weighted by Gasteiger charge is -2.26. The number of hydrogen-bond acceptors (Lipinski definition) is 3. The van der Waals surface area contributed by atoms with Gasteiger partial charge in [0, 0.05) is 26.6 Å². The highest BCUT2D eigenvalue weighted by molar-refractivity contribution is 5.90. The maximum atomic E-state index is 12.7. The van der Waals surface area contributed by atoms with E-state index in [1.165, 1.54) is 0 Å². The maximum Gasteiger partial charge on any atom is 0.249 e. The van der Waals surface area contributed by atoms with Gasteiger partial charge in [-0.05, 0) is 11.5 Å². The molecule has 1 saturated heterocycles. The molecular formula is C16H22N2O3. The Morgan fingerprint density at radius 2 is 2.05 bits per heavy atom. The van der Waals surface area contributed by atoms with Gasteiger partial charge in [-0.15, -0.1) is 0 Å². The second kappa shape index (κ2) is 7.22. The summed E-state index contributed by atoms with van der Waals surface area (Å²) in [6.07, 6.45) is 0.342. The molecule has 1 aromatic rings. The number of amides is 2. The van der Waals surface area contributed by atoms with E-state index in [9.17, 15) is 9.59 Å². The molecular weight excluding hydrogens is 268 g/mol. The van der Waals surface area contributed by atoms with Gasteiger partial charge in [-0.1, -0.05) is 37.3 Å². The van der Waals surface area contributed by atoms with E-state index in [0.717, 1.165) is 5.56 Å². The molecule has 1 fully saturated rings. The summed E-state index contributed by atoms with van der Waals surface area (Å²) in [6, 6.07) is 8.78. The van der Waals surface area contributed by atoms with Crippen LogP contribution in [0.5, 0.6) is 0 Å². The molecule has 2 unspecified atom stereocenters. The lowest BCUT2D eigenvalue weighted by molar-refractivity contribution is -0.134.